The number of thioether (sulfide) groups is 1. The molecule has 1 aliphatic heterocycles. The third-order valence-corrected chi connectivity index (χ3v) is 8.80. The van der Waals surface area contributed by atoms with Crippen LogP contribution in [0.2, 0.25) is 0 Å². The van der Waals surface area contributed by atoms with Crippen molar-refractivity contribution >= 4 is 39.2 Å². The van der Waals surface area contributed by atoms with Crippen LogP contribution in [0.5, 0.6) is 0 Å². The van der Waals surface area contributed by atoms with Gasteiger partial charge in [-0.05, 0) is 44.7 Å². The Labute approximate surface area is 193 Å². The van der Waals surface area contributed by atoms with Gasteiger partial charge in [-0.15, -0.1) is 11.3 Å². The van der Waals surface area contributed by atoms with Crippen LogP contribution in [0.1, 0.15) is 56.9 Å². The summed E-state index contributed by atoms with van der Waals surface area (Å²) in [6.45, 7) is 11.4. The minimum Gasteiger partial charge on any atom is -0.339 e. The topological polar surface area (TPSA) is 58.4 Å². The van der Waals surface area contributed by atoms with Gasteiger partial charge in [0.05, 0.1) is 10.6 Å². The van der Waals surface area contributed by atoms with E-state index in [-0.39, 0.29) is 16.7 Å². The number of fused-ring (bicyclic) bond motifs is 3. The lowest BCUT2D eigenvalue weighted by Crippen LogP contribution is -2.50. The van der Waals surface area contributed by atoms with Crippen molar-refractivity contribution in [3.63, 3.8) is 0 Å². The summed E-state index contributed by atoms with van der Waals surface area (Å²) >= 11 is 3.14. The number of hydrogen-bond donors (Lipinski definition) is 0. The largest absolute Gasteiger partial charge is 0.339 e. The van der Waals surface area contributed by atoms with Crippen molar-refractivity contribution in [1.29, 1.82) is 0 Å². The van der Waals surface area contributed by atoms with E-state index in [1.807, 2.05) is 16.4 Å². The third kappa shape index (κ3) is 4.71. The van der Waals surface area contributed by atoms with Crippen LogP contribution in [-0.4, -0.2) is 63.2 Å². The van der Waals surface area contributed by atoms with Crippen LogP contribution in [0.15, 0.2) is 9.95 Å². The average Bonchev–Trinajstić information content (AvgIpc) is 3.36. The molecule has 3 heterocycles. The molecule has 1 atom stereocenters. The summed E-state index contributed by atoms with van der Waals surface area (Å²) in [5, 5.41) is 1.30. The van der Waals surface area contributed by atoms with Crippen LogP contribution >= 0.6 is 23.1 Å². The molecule has 4 rings (SSSR count). The number of amides is 1. The van der Waals surface area contributed by atoms with Crippen molar-refractivity contribution in [3.05, 3.63) is 20.8 Å². The van der Waals surface area contributed by atoms with Crippen LogP contribution in [0.25, 0.3) is 10.2 Å². The second-order valence-corrected chi connectivity index (χ2v) is 11.0. The summed E-state index contributed by atoms with van der Waals surface area (Å²) in [6, 6.07) is 0. The third-order valence-electron chi connectivity index (χ3n) is 6.54. The summed E-state index contributed by atoms with van der Waals surface area (Å²) in [5.41, 5.74) is 1.33. The van der Waals surface area contributed by atoms with Crippen LogP contribution < -0.4 is 5.56 Å². The SMILES string of the molecule is CCCCCn1c(SC(C)C(=O)N2CCN(CC)CC2)nc2sc3c(c2c1=O)CCC3. The van der Waals surface area contributed by atoms with Gasteiger partial charge in [-0.25, -0.2) is 4.98 Å². The molecule has 0 saturated carbocycles. The highest BCUT2D eigenvalue weighted by atomic mass is 32.2. The molecule has 2 aromatic heterocycles. The molecule has 1 unspecified atom stereocenters. The minimum atomic E-state index is -0.248. The maximum atomic E-state index is 13.5. The number of carbonyl (C=O) groups excluding carboxylic acids is 1. The fourth-order valence-corrected chi connectivity index (χ4v) is 6.94. The molecule has 0 spiro atoms. The van der Waals surface area contributed by atoms with Crippen molar-refractivity contribution in [2.75, 3.05) is 32.7 Å². The van der Waals surface area contributed by atoms with Crippen molar-refractivity contribution in [1.82, 2.24) is 19.4 Å². The molecule has 0 N–H and O–H groups in total. The van der Waals surface area contributed by atoms with E-state index in [0.29, 0.717) is 11.7 Å². The van der Waals surface area contributed by atoms with Gasteiger partial charge in [0.25, 0.3) is 5.56 Å². The van der Waals surface area contributed by atoms with Crippen LogP contribution in [0, 0.1) is 0 Å². The number of hydrogen-bond acceptors (Lipinski definition) is 6. The molecule has 6 nitrogen and oxygen atoms in total. The Morgan fingerprint density at radius 1 is 1.16 bits per heavy atom. The number of aromatic nitrogens is 2. The second kappa shape index (κ2) is 10.0. The van der Waals surface area contributed by atoms with Gasteiger partial charge in [0.1, 0.15) is 4.83 Å². The number of carbonyl (C=O) groups is 1. The van der Waals surface area contributed by atoms with Gasteiger partial charge in [0.15, 0.2) is 5.16 Å². The number of aryl methyl sites for hydroxylation is 2. The van der Waals surface area contributed by atoms with Gasteiger partial charge in [0.2, 0.25) is 5.91 Å². The van der Waals surface area contributed by atoms with E-state index >= 15 is 0 Å². The summed E-state index contributed by atoms with van der Waals surface area (Å²) in [4.78, 5) is 38.1. The van der Waals surface area contributed by atoms with Crippen LogP contribution in [0.4, 0.5) is 0 Å². The highest BCUT2D eigenvalue weighted by Gasteiger charge is 2.28. The lowest BCUT2D eigenvalue weighted by molar-refractivity contribution is -0.132. The molecule has 0 radical (unpaired) electrons. The van der Waals surface area contributed by atoms with Crippen LogP contribution in [-0.2, 0) is 24.2 Å². The van der Waals surface area contributed by atoms with Crippen molar-refractivity contribution < 1.29 is 4.79 Å². The molecule has 0 aromatic carbocycles. The first-order valence-electron chi connectivity index (χ1n) is 11.8. The highest BCUT2D eigenvalue weighted by molar-refractivity contribution is 8.00. The van der Waals surface area contributed by atoms with E-state index in [4.69, 9.17) is 4.98 Å². The van der Waals surface area contributed by atoms with Gasteiger partial charge in [-0.1, -0.05) is 38.5 Å². The molecule has 8 heteroatoms. The van der Waals surface area contributed by atoms with Gasteiger partial charge in [0, 0.05) is 37.6 Å². The minimum absolute atomic E-state index is 0.0965. The zero-order valence-corrected chi connectivity index (χ0v) is 20.6. The van der Waals surface area contributed by atoms with Gasteiger partial charge >= 0.3 is 0 Å². The Morgan fingerprint density at radius 2 is 1.94 bits per heavy atom. The maximum Gasteiger partial charge on any atom is 0.263 e. The standard InChI is InChI=1S/C23H34N4O2S2/c1-4-6-7-11-27-22(29)19-17-9-8-10-18(17)31-20(19)24-23(27)30-16(3)21(28)26-14-12-25(5-2)13-15-26/h16H,4-15H2,1-3H3. The Balaban J connectivity index is 1.59. The molecule has 1 fully saturated rings. The lowest BCUT2D eigenvalue weighted by Gasteiger charge is -2.35. The molecular formula is C23H34N4O2S2. The molecule has 1 amide bonds. The summed E-state index contributed by atoms with van der Waals surface area (Å²) in [7, 11) is 0. The summed E-state index contributed by atoms with van der Waals surface area (Å²) in [5.74, 6) is 0.156. The Kier molecular flexibility index (Phi) is 7.39. The van der Waals surface area contributed by atoms with E-state index in [1.165, 1.54) is 22.2 Å². The molecular weight excluding hydrogens is 428 g/mol. The fraction of sp³-hybridized carbons (Fsp3) is 0.696. The maximum absolute atomic E-state index is 13.5. The number of unbranched alkanes of at least 4 members (excludes halogenated alkanes) is 2. The predicted molar refractivity (Wildman–Crippen MR) is 129 cm³/mol. The number of nitrogens with zero attached hydrogens (tertiary/aromatic N) is 4. The van der Waals surface area contributed by atoms with E-state index in [2.05, 4.69) is 18.7 Å². The van der Waals surface area contributed by atoms with E-state index in [1.54, 1.807) is 11.3 Å². The quantitative estimate of drug-likeness (QED) is 0.339. The Hall–Kier alpha value is -1.38. The van der Waals surface area contributed by atoms with E-state index < -0.39 is 0 Å². The van der Waals surface area contributed by atoms with Gasteiger partial charge in [-0.2, -0.15) is 0 Å². The molecule has 2 aromatic rings. The fourth-order valence-electron chi connectivity index (χ4n) is 4.62. The number of likely N-dealkylation sites (N-methyl/N-ethyl adjacent to an activating group) is 1. The van der Waals surface area contributed by atoms with Crippen molar-refractivity contribution in [2.24, 2.45) is 0 Å². The van der Waals surface area contributed by atoms with Gasteiger partial charge < -0.3 is 9.80 Å². The number of rotatable bonds is 8. The normalized spacial score (nSPS) is 18.0. The molecule has 1 aliphatic carbocycles. The second-order valence-electron chi connectivity index (χ2n) is 8.62. The van der Waals surface area contributed by atoms with Crippen molar-refractivity contribution in [2.45, 2.75) is 76.2 Å². The average molecular weight is 463 g/mol. The number of piperazine rings is 1. The molecule has 0 bridgehead atoms. The van der Waals surface area contributed by atoms with E-state index in [9.17, 15) is 9.59 Å². The Morgan fingerprint density at radius 3 is 2.65 bits per heavy atom. The molecule has 1 saturated heterocycles. The first-order chi connectivity index (χ1) is 15.0. The predicted octanol–water partition coefficient (Wildman–Crippen LogP) is 3.78. The lowest BCUT2D eigenvalue weighted by atomic mass is 10.2. The van der Waals surface area contributed by atoms with Gasteiger partial charge in [-0.3, -0.25) is 14.2 Å². The number of thiophene rings is 1. The molecule has 170 valence electrons. The first-order valence-corrected chi connectivity index (χ1v) is 13.5. The van der Waals surface area contributed by atoms with Crippen LogP contribution in [0.3, 0.4) is 0 Å². The summed E-state index contributed by atoms with van der Waals surface area (Å²) < 4.78 is 1.85. The smallest absolute Gasteiger partial charge is 0.263 e. The highest BCUT2D eigenvalue weighted by Crippen LogP contribution is 2.36. The first kappa shape index (κ1) is 22.8. The van der Waals surface area contributed by atoms with Crippen molar-refractivity contribution in [3.8, 4) is 0 Å². The Bertz CT molecular complexity index is 992. The monoisotopic (exact) mass is 462 g/mol. The summed E-state index contributed by atoms with van der Waals surface area (Å²) in [6.07, 6.45) is 6.36. The molecule has 31 heavy (non-hydrogen) atoms. The zero-order valence-electron chi connectivity index (χ0n) is 19.0. The zero-order chi connectivity index (χ0) is 22.0. The molecule has 2 aliphatic rings. The van der Waals surface area contributed by atoms with E-state index in [0.717, 1.165) is 81.5 Å².